The molecule has 0 bridgehead atoms. The van der Waals surface area contributed by atoms with Gasteiger partial charge < -0.3 is 25.2 Å². The van der Waals surface area contributed by atoms with Crippen LogP contribution in [-0.2, 0) is 19.1 Å². The molecule has 4 atom stereocenters. The number of carbonyl (C=O) groups is 3. The zero-order valence-electron chi connectivity index (χ0n) is 19.4. The monoisotopic (exact) mass is 478 g/mol. The molecule has 184 valence electrons. The summed E-state index contributed by atoms with van der Waals surface area (Å²) in [7, 11) is 0. The molecule has 8 heteroatoms. The number of hydrogen-bond acceptors (Lipinski definition) is 5. The van der Waals surface area contributed by atoms with Crippen molar-refractivity contribution in [2.75, 3.05) is 13.2 Å². The van der Waals surface area contributed by atoms with Gasteiger partial charge in [-0.15, -0.1) is 0 Å². The van der Waals surface area contributed by atoms with E-state index in [2.05, 4.69) is 34.9 Å². The average molecular weight is 479 g/mol. The van der Waals surface area contributed by atoms with Crippen LogP contribution in [0.4, 0.5) is 4.79 Å². The van der Waals surface area contributed by atoms with Gasteiger partial charge in [-0.1, -0.05) is 55.0 Å². The minimum atomic E-state index is -0.823. The van der Waals surface area contributed by atoms with E-state index in [1.807, 2.05) is 24.3 Å². The molecule has 8 nitrogen and oxygen atoms in total. The van der Waals surface area contributed by atoms with Crippen molar-refractivity contribution in [2.45, 2.75) is 56.2 Å². The van der Waals surface area contributed by atoms with Crippen molar-refractivity contribution < 1.29 is 29.0 Å². The van der Waals surface area contributed by atoms with Crippen molar-refractivity contribution in [1.82, 2.24) is 10.6 Å². The first kappa shape index (κ1) is 23.4. The summed E-state index contributed by atoms with van der Waals surface area (Å²) >= 11 is 0. The molecule has 2 aromatic carbocycles. The van der Waals surface area contributed by atoms with Crippen LogP contribution in [0.1, 0.15) is 49.1 Å². The molecule has 3 N–H and O–H groups in total. The van der Waals surface area contributed by atoms with Crippen molar-refractivity contribution in [3.05, 3.63) is 59.7 Å². The van der Waals surface area contributed by atoms with Crippen molar-refractivity contribution in [3.8, 4) is 11.1 Å². The molecule has 0 radical (unpaired) electrons. The summed E-state index contributed by atoms with van der Waals surface area (Å²) in [5, 5.41) is 15.0. The van der Waals surface area contributed by atoms with Gasteiger partial charge in [0.1, 0.15) is 6.61 Å². The molecule has 0 aromatic heterocycles. The third-order valence-corrected chi connectivity index (χ3v) is 7.37. The predicted molar refractivity (Wildman–Crippen MR) is 128 cm³/mol. The van der Waals surface area contributed by atoms with E-state index in [4.69, 9.17) is 9.47 Å². The molecule has 0 unspecified atom stereocenters. The van der Waals surface area contributed by atoms with Gasteiger partial charge in [-0.2, -0.15) is 0 Å². The molecule has 2 amide bonds. The van der Waals surface area contributed by atoms with E-state index in [0.717, 1.165) is 35.1 Å². The lowest BCUT2D eigenvalue weighted by atomic mass is 9.85. The number of ether oxygens (including phenoxy) is 2. The Balaban J connectivity index is 1.17. The van der Waals surface area contributed by atoms with Crippen LogP contribution in [0, 0.1) is 5.92 Å². The third-order valence-electron chi connectivity index (χ3n) is 7.37. The Morgan fingerprint density at radius 2 is 1.63 bits per heavy atom. The van der Waals surface area contributed by atoms with Crippen molar-refractivity contribution in [3.63, 3.8) is 0 Å². The van der Waals surface area contributed by atoms with E-state index in [1.54, 1.807) is 0 Å². The van der Waals surface area contributed by atoms with Crippen LogP contribution in [-0.4, -0.2) is 54.5 Å². The third kappa shape index (κ3) is 4.89. The highest BCUT2D eigenvalue weighted by molar-refractivity contribution is 5.83. The fraction of sp³-hybridized carbons (Fsp3) is 0.444. The molecule has 2 aliphatic carbocycles. The lowest BCUT2D eigenvalue weighted by Gasteiger charge is -2.29. The minimum Gasteiger partial charge on any atom is -0.481 e. The maximum absolute atomic E-state index is 12.8. The zero-order valence-corrected chi connectivity index (χ0v) is 19.4. The standard InChI is InChI=1S/C27H30N2O6/c30-25(28-17-7-5-6-16(14-17)26(31)32)24-23(12-13-34-24)29-27(33)35-15-22-20-10-3-1-8-18(20)19-9-2-4-11-21(19)22/h1-4,8-11,16-17,22-24H,5-7,12-15H2,(H,28,30)(H,29,33)(H,31,32)/t16-,17+,23+,24-/m0/s1. The fourth-order valence-electron chi connectivity index (χ4n) is 5.62. The van der Waals surface area contributed by atoms with Crippen molar-refractivity contribution in [1.29, 1.82) is 0 Å². The molecule has 1 saturated heterocycles. The van der Waals surface area contributed by atoms with E-state index >= 15 is 0 Å². The number of fused-ring (bicyclic) bond motifs is 3. The van der Waals surface area contributed by atoms with Crippen LogP contribution in [0.5, 0.6) is 0 Å². The Kier molecular flexibility index (Phi) is 6.72. The predicted octanol–water partition coefficient (Wildman–Crippen LogP) is 3.44. The minimum absolute atomic E-state index is 0.0412. The lowest BCUT2D eigenvalue weighted by molar-refractivity contribution is -0.143. The first-order chi connectivity index (χ1) is 17.0. The van der Waals surface area contributed by atoms with Gasteiger partial charge in [-0.05, 0) is 47.9 Å². The lowest BCUT2D eigenvalue weighted by Crippen LogP contribution is -2.51. The summed E-state index contributed by atoms with van der Waals surface area (Å²) in [4.78, 5) is 36.8. The Hall–Kier alpha value is -3.39. The number of carboxylic acid groups (broad SMARTS) is 1. The molecule has 0 spiro atoms. The second kappa shape index (κ2) is 10.1. The number of carboxylic acids is 1. The van der Waals surface area contributed by atoms with Gasteiger partial charge in [0.25, 0.3) is 5.91 Å². The SMILES string of the molecule is O=C(N[C@@H]1CCO[C@@H]1C(=O)N[C@@H]1CCC[C@H](C(=O)O)C1)OCC1c2ccccc2-c2ccccc21. The Morgan fingerprint density at radius 1 is 0.943 bits per heavy atom. The Morgan fingerprint density at radius 3 is 2.31 bits per heavy atom. The second-order valence-electron chi connectivity index (χ2n) is 9.56. The van der Waals surface area contributed by atoms with Gasteiger partial charge in [0.2, 0.25) is 0 Å². The fourth-order valence-corrected chi connectivity index (χ4v) is 5.62. The largest absolute Gasteiger partial charge is 0.481 e. The first-order valence-corrected chi connectivity index (χ1v) is 12.3. The first-order valence-electron chi connectivity index (χ1n) is 12.3. The van der Waals surface area contributed by atoms with E-state index in [0.29, 0.717) is 25.9 Å². The normalized spacial score (nSPS) is 25.4. The summed E-state index contributed by atoms with van der Waals surface area (Å²) in [5.74, 6) is -1.62. The summed E-state index contributed by atoms with van der Waals surface area (Å²) in [6.45, 7) is 0.553. The van der Waals surface area contributed by atoms with E-state index < -0.39 is 30.1 Å². The summed E-state index contributed by atoms with van der Waals surface area (Å²) in [5.41, 5.74) is 4.59. The Bertz CT molecular complexity index is 1070. The number of aliphatic carboxylic acids is 1. The zero-order chi connectivity index (χ0) is 24.4. The van der Waals surface area contributed by atoms with Crippen molar-refractivity contribution >= 4 is 18.0 Å². The van der Waals surface area contributed by atoms with Gasteiger partial charge in [-0.25, -0.2) is 4.79 Å². The molecule has 5 rings (SSSR count). The highest BCUT2D eigenvalue weighted by Gasteiger charge is 2.38. The van der Waals surface area contributed by atoms with E-state index in [9.17, 15) is 19.5 Å². The van der Waals surface area contributed by atoms with E-state index in [1.165, 1.54) is 0 Å². The molecular formula is C27H30N2O6. The maximum Gasteiger partial charge on any atom is 0.407 e. The quantitative estimate of drug-likeness (QED) is 0.586. The number of hydrogen-bond donors (Lipinski definition) is 3. The number of benzene rings is 2. The smallest absolute Gasteiger partial charge is 0.407 e. The second-order valence-corrected chi connectivity index (χ2v) is 9.56. The van der Waals surface area contributed by atoms with Crippen LogP contribution < -0.4 is 10.6 Å². The molecule has 2 aromatic rings. The van der Waals surface area contributed by atoms with Crippen LogP contribution in [0.15, 0.2) is 48.5 Å². The van der Waals surface area contributed by atoms with Crippen LogP contribution >= 0.6 is 0 Å². The van der Waals surface area contributed by atoms with E-state index in [-0.39, 0.29) is 24.5 Å². The molecular weight excluding hydrogens is 448 g/mol. The average Bonchev–Trinajstić information content (AvgIpc) is 3.45. The molecule has 1 saturated carbocycles. The topological polar surface area (TPSA) is 114 Å². The molecule has 1 heterocycles. The van der Waals surface area contributed by atoms with Crippen LogP contribution in [0.25, 0.3) is 11.1 Å². The van der Waals surface area contributed by atoms with Gasteiger partial charge in [0.05, 0.1) is 12.0 Å². The van der Waals surface area contributed by atoms with Crippen LogP contribution in [0.2, 0.25) is 0 Å². The van der Waals surface area contributed by atoms with Gasteiger partial charge in [-0.3, -0.25) is 9.59 Å². The molecule has 35 heavy (non-hydrogen) atoms. The summed E-state index contributed by atoms with van der Waals surface area (Å²) in [6, 6.07) is 15.6. The highest BCUT2D eigenvalue weighted by atomic mass is 16.6. The molecule has 2 fully saturated rings. The maximum atomic E-state index is 12.8. The molecule has 3 aliphatic rings. The summed E-state index contributed by atoms with van der Waals surface area (Å²) < 4.78 is 11.2. The molecule has 1 aliphatic heterocycles. The van der Waals surface area contributed by atoms with Gasteiger partial charge in [0, 0.05) is 18.6 Å². The van der Waals surface area contributed by atoms with Crippen molar-refractivity contribution in [2.24, 2.45) is 5.92 Å². The summed E-state index contributed by atoms with van der Waals surface area (Å²) in [6.07, 6.45) is 1.66. The number of amides is 2. The number of carbonyl (C=O) groups excluding carboxylic acids is 2. The highest BCUT2D eigenvalue weighted by Crippen LogP contribution is 2.44. The Labute approximate surface area is 204 Å². The van der Waals surface area contributed by atoms with Crippen LogP contribution in [0.3, 0.4) is 0 Å². The van der Waals surface area contributed by atoms with Gasteiger partial charge >= 0.3 is 12.1 Å². The number of rotatable bonds is 6. The van der Waals surface area contributed by atoms with Gasteiger partial charge in [0.15, 0.2) is 6.10 Å². The number of alkyl carbamates (subject to hydrolysis) is 1. The number of nitrogens with one attached hydrogen (secondary N) is 2.